The first-order valence-electron chi connectivity index (χ1n) is 9.60. The van der Waals surface area contributed by atoms with Crippen LogP contribution in [0.15, 0.2) is 6.20 Å². The molecule has 0 bridgehead atoms. The zero-order valence-electron chi connectivity index (χ0n) is 15.6. The molecule has 26 heavy (non-hydrogen) atoms. The Bertz CT molecular complexity index is 639. The third-order valence-electron chi connectivity index (χ3n) is 5.74. The monoisotopic (exact) mass is 359 g/mol. The molecule has 1 unspecified atom stereocenters. The van der Waals surface area contributed by atoms with Gasteiger partial charge in [-0.05, 0) is 50.9 Å². The lowest BCUT2D eigenvalue weighted by Gasteiger charge is -2.32. The highest BCUT2D eigenvalue weighted by molar-refractivity contribution is 5.54. The number of nitrogens with zero attached hydrogens (tertiary/aromatic N) is 3. The highest BCUT2D eigenvalue weighted by atomic mass is 16.5. The molecule has 0 aromatic carbocycles. The van der Waals surface area contributed by atoms with Crippen molar-refractivity contribution in [2.75, 3.05) is 17.7 Å². The summed E-state index contributed by atoms with van der Waals surface area (Å²) in [5, 5.41) is 26.2. The van der Waals surface area contributed by atoms with E-state index in [1.54, 1.807) is 13.3 Å². The van der Waals surface area contributed by atoms with E-state index in [1.807, 2.05) is 0 Å². The first-order chi connectivity index (χ1) is 12.6. The Labute approximate surface area is 155 Å². The predicted octanol–water partition coefficient (Wildman–Crippen LogP) is 2.68. The van der Waals surface area contributed by atoms with Crippen molar-refractivity contribution >= 4 is 11.8 Å². The molecule has 3 atom stereocenters. The normalized spacial score (nSPS) is 31.8. The summed E-state index contributed by atoms with van der Waals surface area (Å²) >= 11 is 0. The number of nitrogens with one attached hydrogen (secondary N) is 2. The van der Waals surface area contributed by atoms with E-state index < -0.39 is 0 Å². The fourth-order valence-corrected chi connectivity index (χ4v) is 3.89. The van der Waals surface area contributed by atoms with Gasteiger partial charge in [-0.1, -0.05) is 6.92 Å². The topological polar surface area (TPSA) is 103 Å². The molecular formula is C19H29N5O2. The Morgan fingerprint density at radius 1 is 1.15 bits per heavy atom. The predicted molar refractivity (Wildman–Crippen MR) is 99.9 cm³/mol. The van der Waals surface area contributed by atoms with Gasteiger partial charge in [-0.15, -0.1) is 0 Å². The Hall–Kier alpha value is -1.91. The molecular weight excluding hydrogens is 330 g/mol. The third kappa shape index (κ3) is 4.63. The number of nitriles is 1. The fraction of sp³-hybridized carbons (Fsp3) is 0.737. The summed E-state index contributed by atoms with van der Waals surface area (Å²) in [6, 6.07) is 2.62. The maximum absolute atomic E-state index is 10.1. The first kappa shape index (κ1) is 18.9. The lowest BCUT2D eigenvalue weighted by molar-refractivity contribution is 0.0681. The second kappa shape index (κ2) is 8.65. The minimum atomic E-state index is -0.304. The SMILES string of the molecule is COC1CCC(Nc2ncc(C#N)c(N[C@@H]3CC[C@@H](C)C(O)C3)n2)CC1. The first-order valence-corrected chi connectivity index (χ1v) is 9.60. The van der Waals surface area contributed by atoms with Crippen molar-refractivity contribution in [3.8, 4) is 6.07 Å². The maximum Gasteiger partial charge on any atom is 0.224 e. The molecule has 0 amide bonds. The number of methoxy groups -OCH3 is 1. The Morgan fingerprint density at radius 2 is 1.88 bits per heavy atom. The molecule has 2 aliphatic rings. The molecule has 0 aliphatic heterocycles. The molecule has 142 valence electrons. The quantitative estimate of drug-likeness (QED) is 0.742. The molecule has 2 fully saturated rings. The second-order valence-corrected chi connectivity index (χ2v) is 7.62. The minimum absolute atomic E-state index is 0.133. The molecule has 3 rings (SSSR count). The number of rotatable bonds is 5. The van der Waals surface area contributed by atoms with Crippen LogP contribution in [0.1, 0.15) is 57.4 Å². The van der Waals surface area contributed by atoms with Crippen LogP contribution in [0.4, 0.5) is 11.8 Å². The van der Waals surface area contributed by atoms with E-state index in [0.717, 1.165) is 38.5 Å². The molecule has 7 nitrogen and oxygen atoms in total. The van der Waals surface area contributed by atoms with Crippen molar-refractivity contribution in [1.29, 1.82) is 5.26 Å². The zero-order valence-corrected chi connectivity index (χ0v) is 15.6. The van der Waals surface area contributed by atoms with Gasteiger partial charge in [-0.3, -0.25) is 0 Å². The van der Waals surface area contributed by atoms with Crippen LogP contribution in [0.2, 0.25) is 0 Å². The number of aromatic nitrogens is 2. The van der Waals surface area contributed by atoms with Crippen LogP contribution in [-0.2, 0) is 4.74 Å². The smallest absolute Gasteiger partial charge is 0.224 e. The summed E-state index contributed by atoms with van der Waals surface area (Å²) < 4.78 is 5.41. The average molecular weight is 359 g/mol. The summed E-state index contributed by atoms with van der Waals surface area (Å²) in [4.78, 5) is 8.84. The fourth-order valence-electron chi connectivity index (χ4n) is 3.89. The zero-order chi connectivity index (χ0) is 18.5. The molecule has 3 N–H and O–H groups in total. The minimum Gasteiger partial charge on any atom is -0.393 e. The summed E-state index contributed by atoms with van der Waals surface area (Å²) in [5.74, 6) is 1.44. The number of anilines is 2. The molecule has 0 spiro atoms. The van der Waals surface area contributed by atoms with Crippen molar-refractivity contribution in [1.82, 2.24) is 9.97 Å². The van der Waals surface area contributed by atoms with Crippen LogP contribution < -0.4 is 10.6 Å². The van der Waals surface area contributed by atoms with E-state index in [2.05, 4.69) is 33.6 Å². The third-order valence-corrected chi connectivity index (χ3v) is 5.74. The number of aliphatic hydroxyl groups is 1. The van der Waals surface area contributed by atoms with Crippen LogP contribution in [-0.4, -0.2) is 46.5 Å². The molecule has 1 aromatic rings. The van der Waals surface area contributed by atoms with Crippen LogP contribution in [0.25, 0.3) is 0 Å². The Balaban J connectivity index is 1.64. The molecule has 1 heterocycles. The molecule has 1 aromatic heterocycles. The van der Waals surface area contributed by atoms with Gasteiger partial charge in [0.05, 0.1) is 18.4 Å². The Morgan fingerprint density at radius 3 is 2.54 bits per heavy atom. The van der Waals surface area contributed by atoms with Crippen LogP contribution >= 0.6 is 0 Å². The van der Waals surface area contributed by atoms with Gasteiger partial charge in [0.2, 0.25) is 5.95 Å². The average Bonchev–Trinajstić information content (AvgIpc) is 2.66. The largest absolute Gasteiger partial charge is 0.393 e. The number of hydrogen-bond donors (Lipinski definition) is 3. The lowest BCUT2D eigenvalue weighted by Crippen LogP contribution is -2.35. The van der Waals surface area contributed by atoms with Gasteiger partial charge < -0.3 is 20.5 Å². The van der Waals surface area contributed by atoms with Gasteiger partial charge >= 0.3 is 0 Å². The van der Waals surface area contributed by atoms with Gasteiger partial charge in [0.15, 0.2) is 0 Å². The lowest BCUT2D eigenvalue weighted by atomic mass is 9.85. The van der Waals surface area contributed by atoms with E-state index in [1.165, 1.54) is 0 Å². The van der Waals surface area contributed by atoms with E-state index in [9.17, 15) is 10.4 Å². The maximum atomic E-state index is 10.1. The van der Waals surface area contributed by atoms with Crippen molar-refractivity contribution in [3.05, 3.63) is 11.8 Å². The summed E-state index contributed by atoms with van der Waals surface area (Å²) in [6.07, 6.45) is 8.36. The van der Waals surface area contributed by atoms with Gasteiger partial charge in [-0.2, -0.15) is 10.2 Å². The highest BCUT2D eigenvalue weighted by Gasteiger charge is 2.27. The summed E-state index contributed by atoms with van der Waals surface area (Å²) in [5.41, 5.74) is 0.437. The van der Waals surface area contributed by atoms with Crippen molar-refractivity contribution in [2.24, 2.45) is 5.92 Å². The summed E-state index contributed by atoms with van der Waals surface area (Å²) in [6.45, 7) is 2.08. The standard InChI is InChI=1S/C19H29N5O2/c1-12-3-4-15(9-17(12)25)22-18-13(10-20)11-21-19(24-18)23-14-5-7-16(26-2)8-6-14/h11-12,14-17,25H,3-9H2,1-2H3,(H2,21,22,23,24)/t12-,14?,15-,16?,17?/m1/s1. The number of aliphatic hydroxyl groups excluding tert-OH is 1. The number of hydrogen-bond acceptors (Lipinski definition) is 7. The van der Waals surface area contributed by atoms with Crippen LogP contribution in [0.3, 0.4) is 0 Å². The second-order valence-electron chi connectivity index (χ2n) is 7.62. The number of ether oxygens (including phenoxy) is 1. The Kier molecular flexibility index (Phi) is 6.28. The van der Waals surface area contributed by atoms with E-state index in [0.29, 0.717) is 41.8 Å². The van der Waals surface area contributed by atoms with E-state index in [4.69, 9.17) is 4.74 Å². The molecule has 7 heteroatoms. The molecule has 2 saturated carbocycles. The van der Waals surface area contributed by atoms with Crippen molar-refractivity contribution < 1.29 is 9.84 Å². The van der Waals surface area contributed by atoms with Crippen LogP contribution in [0.5, 0.6) is 0 Å². The van der Waals surface area contributed by atoms with Gasteiger partial charge in [0, 0.05) is 19.2 Å². The van der Waals surface area contributed by atoms with E-state index >= 15 is 0 Å². The molecule has 0 saturated heterocycles. The highest BCUT2D eigenvalue weighted by Crippen LogP contribution is 2.28. The summed E-state index contributed by atoms with van der Waals surface area (Å²) in [7, 11) is 1.77. The molecule has 0 radical (unpaired) electrons. The van der Waals surface area contributed by atoms with E-state index in [-0.39, 0.29) is 12.1 Å². The van der Waals surface area contributed by atoms with Gasteiger partial charge in [0.25, 0.3) is 0 Å². The van der Waals surface area contributed by atoms with Crippen molar-refractivity contribution in [2.45, 2.75) is 76.2 Å². The van der Waals surface area contributed by atoms with Crippen LogP contribution in [0, 0.1) is 17.2 Å². The molecule has 2 aliphatic carbocycles. The van der Waals surface area contributed by atoms with Gasteiger partial charge in [-0.25, -0.2) is 4.98 Å². The van der Waals surface area contributed by atoms with Gasteiger partial charge in [0.1, 0.15) is 17.5 Å². The van der Waals surface area contributed by atoms with Crippen molar-refractivity contribution in [3.63, 3.8) is 0 Å².